The Morgan fingerprint density at radius 1 is 1.20 bits per heavy atom. The van der Waals surface area contributed by atoms with Gasteiger partial charge in [-0.3, -0.25) is 4.79 Å². The highest BCUT2D eigenvalue weighted by Gasteiger charge is 2.15. The third-order valence-corrected chi connectivity index (χ3v) is 5.55. The van der Waals surface area contributed by atoms with Gasteiger partial charge in [0.2, 0.25) is 0 Å². The molecule has 1 heterocycles. The van der Waals surface area contributed by atoms with Crippen molar-refractivity contribution in [3.8, 4) is 0 Å². The summed E-state index contributed by atoms with van der Waals surface area (Å²) in [6.45, 7) is -0.0429. The molecule has 0 radical (unpaired) electrons. The summed E-state index contributed by atoms with van der Waals surface area (Å²) in [6.07, 6.45) is 1.65. The summed E-state index contributed by atoms with van der Waals surface area (Å²) in [7, 11) is -1.73. The van der Waals surface area contributed by atoms with E-state index < -0.39 is 15.7 Å². The van der Waals surface area contributed by atoms with Crippen LogP contribution in [0.2, 0.25) is 0 Å². The average Bonchev–Trinajstić information content (AvgIpc) is 2.95. The molecule has 3 rings (SSSR count). The summed E-state index contributed by atoms with van der Waals surface area (Å²) in [4.78, 5) is 16.4. The summed E-state index contributed by atoms with van der Waals surface area (Å²) in [5.41, 5.74) is 2.00. The number of carbonyl (C=O) groups excluding carboxylic acids is 1. The Kier molecular flexibility index (Phi) is 4.54. The Bertz CT molecular complexity index is 1030. The number of hydrogen-bond donors (Lipinski definition) is 1. The number of aromatic nitrogens is 2. The van der Waals surface area contributed by atoms with Crippen LogP contribution in [0.4, 0.5) is 4.39 Å². The number of aryl methyl sites for hydroxylation is 1. The first-order valence-corrected chi connectivity index (χ1v) is 9.20. The number of benzene rings is 2. The molecule has 25 heavy (non-hydrogen) atoms. The molecule has 0 saturated carbocycles. The molecule has 8 heteroatoms. The fourth-order valence-electron chi connectivity index (χ4n) is 2.44. The second-order valence-corrected chi connectivity index (χ2v) is 7.70. The standard InChI is InChI=1S/C17H16FN3O3S/c1-21-11-20-15-10-12(2-7-16(15)21)17(22)19-8-9-25(23,24)14-5-3-13(18)4-6-14/h2-7,10-11H,8-9H2,1H3,(H,19,22). The molecule has 6 nitrogen and oxygen atoms in total. The molecule has 0 spiro atoms. The van der Waals surface area contributed by atoms with Crippen molar-refractivity contribution in [2.75, 3.05) is 12.3 Å². The van der Waals surface area contributed by atoms with Gasteiger partial charge in [0, 0.05) is 19.2 Å². The molecule has 3 aromatic rings. The van der Waals surface area contributed by atoms with Crippen LogP contribution in [0.25, 0.3) is 11.0 Å². The predicted octanol–water partition coefficient (Wildman–Crippen LogP) is 1.92. The maximum absolute atomic E-state index is 12.9. The van der Waals surface area contributed by atoms with Crippen LogP contribution in [0.5, 0.6) is 0 Å². The van der Waals surface area contributed by atoms with Gasteiger partial charge in [-0.05, 0) is 42.5 Å². The first-order valence-electron chi connectivity index (χ1n) is 7.54. The summed E-state index contributed by atoms with van der Waals surface area (Å²) >= 11 is 0. The maximum atomic E-state index is 12.9. The Hall–Kier alpha value is -2.74. The fourth-order valence-corrected chi connectivity index (χ4v) is 3.60. The van der Waals surface area contributed by atoms with Crippen LogP contribution in [-0.4, -0.2) is 36.2 Å². The van der Waals surface area contributed by atoms with Crippen LogP contribution in [-0.2, 0) is 16.9 Å². The zero-order valence-corrected chi connectivity index (χ0v) is 14.3. The van der Waals surface area contributed by atoms with E-state index >= 15 is 0 Å². The minimum Gasteiger partial charge on any atom is -0.351 e. The number of fused-ring (bicyclic) bond motifs is 1. The highest BCUT2D eigenvalue weighted by molar-refractivity contribution is 7.91. The third-order valence-electron chi connectivity index (χ3n) is 3.82. The molecule has 1 amide bonds. The van der Waals surface area contributed by atoms with Crippen molar-refractivity contribution >= 4 is 26.8 Å². The molecule has 0 saturated heterocycles. The average molecular weight is 361 g/mol. The predicted molar refractivity (Wildman–Crippen MR) is 91.5 cm³/mol. The van der Waals surface area contributed by atoms with Crippen molar-refractivity contribution in [1.82, 2.24) is 14.9 Å². The number of amides is 1. The van der Waals surface area contributed by atoms with Gasteiger partial charge in [-0.2, -0.15) is 0 Å². The molecule has 0 unspecified atom stereocenters. The lowest BCUT2D eigenvalue weighted by Gasteiger charge is -2.07. The number of hydrogen-bond acceptors (Lipinski definition) is 4. The van der Waals surface area contributed by atoms with Crippen molar-refractivity contribution in [2.24, 2.45) is 7.05 Å². The number of nitrogens with one attached hydrogen (secondary N) is 1. The van der Waals surface area contributed by atoms with Gasteiger partial charge in [0.25, 0.3) is 5.91 Å². The van der Waals surface area contributed by atoms with Crippen LogP contribution in [0.3, 0.4) is 0 Å². The zero-order valence-electron chi connectivity index (χ0n) is 13.4. The van der Waals surface area contributed by atoms with Crippen LogP contribution >= 0.6 is 0 Å². The lowest BCUT2D eigenvalue weighted by molar-refractivity contribution is 0.0956. The highest BCUT2D eigenvalue weighted by Crippen LogP contribution is 2.14. The van der Waals surface area contributed by atoms with Crippen molar-refractivity contribution < 1.29 is 17.6 Å². The summed E-state index contributed by atoms with van der Waals surface area (Å²) < 4.78 is 39.0. The second kappa shape index (κ2) is 6.64. The van der Waals surface area contributed by atoms with E-state index in [-0.39, 0.29) is 23.1 Å². The second-order valence-electron chi connectivity index (χ2n) is 5.59. The molecule has 0 aliphatic carbocycles. The van der Waals surface area contributed by atoms with Crippen LogP contribution < -0.4 is 5.32 Å². The van der Waals surface area contributed by atoms with Crippen molar-refractivity contribution in [3.05, 3.63) is 60.2 Å². The number of imidazole rings is 1. The number of nitrogens with zero attached hydrogens (tertiary/aromatic N) is 2. The molecular weight excluding hydrogens is 345 g/mol. The maximum Gasteiger partial charge on any atom is 0.251 e. The van der Waals surface area contributed by atoms with Gasteiger partial charge < -0.3 is 9.88 Å². The highest BCUT2D eigenvalue weighted by atomic mass is 32.2. The monoisotopic (exact) mass is 361 g/mol. The van der Waals surface area contributed by atoms with E-state index in [1.807, 2.05) is 11.6 Å². The Balaban J connectivity index is 1.64. The number of sulfone groups is 1. The Labute approximate surface area is 144 Å². The van der Waals surface area contributed by atoms with Gasteiger partial charge in [0.15, 0.2) is 9.84 Å². The lowest BCUT2D eigenvalue weighted by atomic mass is 10.2. The summed E-state index contributed by atoms with van der Waals surface area (Å²) in [5.74, 6) is -1.14. The van der Waals surface area contributed by atoms with E-state index in [9.17, 15) is 17.6 Å². The molecule has 0 bridgehead atoms. The van der Waals surface area contributed by atoms with Crippen LogP contribution in [0.15, 0.2) is 53.7 Å². The van der Waals surface area contributed by atoms with Crippen molar-refractivity contribution in [3.63, 3.8) is 0 Å². The lowest BCUT2D eigenvalue weighted by Crippen LogP contribution is -2.29. The van der Waals surface area contributed by atoms with E-state index in [4.69, 9.17) is 0 Å². The van der Waals surface area contributed by atoms with Gasteiger partial charge >= 0.3 is 0 Å². The number of halogens is 1. The largest absolute Gasteiger partial charge is 0.351 e. The fraction of sp³-hybridized carbons (Fsp3) is 0.176. The molecule has 130 valence electrons. The normalized spacial score (nSPS) is 11.6. The van der Waals surface area contributed by atoms with E-state index in [1.165, 1.54) is 12.1 Å². The van der Waals surface area contributed by atoms with Crippen molar-refractivity contribution in [2.45, 2.75) is 4.90 Å². The molecule has 0 fully saturated rings. The van der Waals surface area contributed by atoms with Crippen LogP contribution in [0, 0.1) is 5.82 Å². The summed E-state index contributed by atoms with van der Waals surface area (Å²) in [5, 5.41) is 2.58. The van der Waals surface area contributed by atoms with E-state index in [0.29, 0.717) is 11.1 Å². The van der Waals surface area contributed by atoms with E-state index in [2.05, 4.69) is 10.3 Å². The zero-order chi connectivity index (χ0) is 18.0. The van der Waals surface area contributed by atoms with E-state index in [1.54, 1.807) is 24.5 Å². The van der Waals surface area contributed by atoms with Gasteiger partial charge in [-0.25, -0.2) is 17.8 Å². The number of carbonyl (C=O) groups is 1. The molecule has 0 aliphatic rings. The molecule has 1 aromatic heterocycles. The Morgan fingerprint density at radius 3 is 2.64 bits per heavy atom. The van der Waals surface area contributed by atoms with Gasteiger partial charge in [-0.15, -0.1) is 0 Å². The summed E-state index contributed by atoms with van der Waals surface area (Å²) in [6, 6.07) is 9.70. The minimum atomic E-state index is -3.58. The van der Waals surface area contributed by atoms with Gasteiger partial charge in [0.1, 0.15) is 5.82 Å². The van der Waals surface area contributed by atoms with Crippen LogP contribution in [0.1, 0.15) is 10.4 Å². The topological polar surface area (TPSA) is 81.1 Å². The first kappa shape index (κ1) is 17.1. The van der Waals surface area contributed by atoms with Gasteiger partial charge in [-0.1, -0.05) is 0 Å². The third kappa shape index (κ3) is 3.69. The smallest absolute Gasteiger partial charge is 0.251 e. The van der Waals surface area contributed by atoms with Crippen molar-refractivity contribution in [1.29, 1.82) is 0 Å². The molecule has 1 N–H and O–H groups in total. The minimum absolute atomic E-state index is 0.0260. The Morgan fingerprint density at radius 2 is 1.92 bits per heavy atom. The molecule has 0 aliphatic heterocycles. The van der Waals surface area contributed by atoms with Gasteiger partial charge in [0.05, 0.1) is 28.0 Å². The SMILES string of the molecule is Cn1cnc2cc(C(=O)NCCS(=O)(=O)c3ccc(F)cc3)ccc21. The molecular formula is C17H16FN3O3S. The molecule has 2 aromatic carbocycles. The number of rotatable bonds is 5. The first-order chi connectivity index (χ1) is 11.9. The van der Waals surface area contributed by atoms with E-state index in [0.717, 1.165) is 17.6 Å². The quantitative estimate of drug-likeness (QED) is 0.704. The molecule has 0 atom stereocenters.